The third kappa shape index (κ3) is 6.63. The van der Waals surface area contributed by atoms with Crippen molar-refractivity contribution in [2.24, 2.45) is 10.4 Å². The third-order valence-electron chi connectivity index (χ3n) is 6.93. The van der Waals surface area contributed by atoms with Gasteiger partial charge in [-0.25, -0.2) is 9.97 Å². The lowest BCUT2D eigenvalue weighted by molar-refractivity contribution is -0.136. The molecule has 1 atom stereocenters. The number of Topliss-reactive ketones (excluding diaryl/α,β-unsaturated/α-hetero) is 2. The Balaban J connectivity index is 1.65. The highest BCUT2D eigenvalue weighted by Crippen LogP contribution is 2.35. The van der Waals surface area contributed by atoms with E-state index in [2.05, 4.69) is 38.2 Å². The van der Waals surface area contributed by atoms with Crippen molar-refractivity contribution in [2.45, 2.75) is 46.3 Å². The number of amides is 1. The Morgan fingerprint density at radius 1 is 1.14 bits per heavy atom. The minimum Gasteiger partial charge on any atom is -0.330 e. The van der Waals surface area contributed by atoms with E-state index in [0.717, 1.165) is 0 Å². The van der Waals surface area contributed by atoms with Crippen LogP contribution in [0.5, 0.6) is 0 Å². The second-order valence-corrected chi connectivity index (χ2v) is 11.3. The standard InChI is InChI=1S/C31H36N8O3/c1-8-10-11-23(32-9-2)30(42)25-13-31(4,5)19-38(25)28(41)18-39-26-16-33-24(12-22(26)29(36-39)20(3)40)21-14-34-27(35-15-21)17-37(6)7/h8-12,14-16,25H,1-2,13,17-19H2,3-7H3/b11-10-,32-23+/t25-/m0/s1. The van der Waals surface area contributed by atoms with Gasteiger partial charge in [0.2, 0.25) is 11.7 Å². The molecule has 0 bridgehead atoms. The molecular formula is C31H36N8O3. The van der Waals surface area contributed by atoms with Crippen LogP contribution >= 0.6 is 0 Å². The molecule has 1 fully saturated rings. The van der Waals surface area contributed by atoms with Gasteiger partial charge < -0.3 is 9.80 Å². The van der Waals surface area contributed by atoms with Crippen molar-refractivity contribution >= 4 is 34.1 Å². The number of carbonyl (C=O) groups is 3. The summed E-state index contributed by atoms with van der Waals surface area (Å²) in [6.45, 7) is 13.6. The average Bonchev–Trinajstić information content (AvgIpc) is 3.47. The van der Waals surface area contributed by atoms with Gasteiger partial charge >= 0.3 is 0 Å². The monoisotopic (exact) mass is 568 g/mol. The molecule has 218 valence electrons. The summed E-state index contributed by atoms with van der Waals surface area (Å²) in [5.41, 5.74) is 1.96. The number of fused-ring (bicyclic) bond motifs is 1. The van der Waals surface area contributed by atoms with Crippen LogP contribution in [-0.2, 0) is 22.7 Å². The average molecular weight is 569 g/mol. The number of nitrogens with zero attached hydrogens (tertiary/aromatic N) is 8. The first-order valence-electron chi connectivity index (χ1n) is 13.6. The van der Waals surface area contributed by atoms with Gasteiger partial charge in [0.15, 0.2) is 5.78 Å². The quantitative estimate of drug-likeness (QED) is 0.195. The predicted molar refractivity (Wildman–Crippen MR) is 162 cm³/mol. The van der Waals surface area contributed by atoms with Crippen molar-refractivity contribution in [3.05, 3.63) is 73.8 Å². The number of aliphatic imine (C=N–C) groups is 1. The van der Waals surface area contributed by atoms with E-state index in [4.69, 9.17) is 0 Å². The van der Waals surface area contributed by atoms with Crippen LogP contribution in [0, 0.1) is 5.41 Å². The minimum atomic E-state index is -0.699. The highest BCUT2D eigenvalue weighted by Gasteiger charge is 2.44. The summed E-state index contributed by atoms with van der Waals surface area (Å²) in [5, 5.41) is 5.06. The maximum Gasteiger partial charge on any atom is 0.244 e. The van der Waals surface area contributed by atoms with Crippen molar-refractivity contribution in [3.63, 3.8) is 0 Å². The lowest BCUT2D eigenvalue weighted by Crippen LogP contribution is -2.44. The van der Waals surface area contributed by atoms with E-state index in [0.29, 0.717) is 47.5 Å². The first-order chi connectivity index (χ1) is 19.9. The molecule has 11 nitrogen and oxygen atoms in total. The molecule has 0 spiro atoms. The second-order valence-electron chi connectivity index (χ2n) is 11.3. The topological polar surface area (TPSA) is 127 Å². The summed E-state index contributed by atoms with van der Waals surface area (Å²) >= 11 is 0. The number of ketones is 2. The Morgan fingerprint density at radius 2 is 1.86 bits per heavy atom. The summed E-state index contributed by atoms with van der Waals surface area (Å²) in [7, 11) is 3.88. The molecular weight excluding hydrogens is 532 g/mol. The van der Waals surface area contributed by atoms with Crippen LogP contribution in [0.2, 0.25) is 0 Å². The number of aromatic nitrogens is 5. The largest absolute Gasteiger partial charge is 0.330 e. The van der Waals surface area contributed by atoms with Gasteiger partial charge in [0.25, 0.3) is 0 Å². The molecule has 0 saturated carbocycles. The fourth-order valence-corrected chi connectivity index (χ4v) is 5.06. The maximum atomic E-state index is 13.7. The molecule has 0 unspecified atom stereocenters. The van der Waals surface area contributed by atoms with Gasteiger partial charge in [0.05, 0.1) is 30.0 Å². The predicted octanol–water partition coefficient (Wildman–Crippen LogP) is 3.68. The molecule has 1 saturated heterocycles. The zero-order valence-electron chi connectivity index (χ0n) is 24.7. The number of carbonyl (C=O) groups excluding carboxylic acids is 3. The van der Waals surface area contributed by atoms with Crippen LogP contribution in [0.25, 0.3) is 22.2 Å². The maximum absolute atomic E-state index is 13.7. The van der Waals surface area contributed by atoms with Crippen molar-refractivity contribution in [3.8, 4) is 11.3 Å². The number of pyridine rings is 1. The molecule has 3 aromatic rings. The van der Waals surface area contributed by atoms with Gasteiger partial charge in [-0.2, -0.15) is 5.10 Å². The molecule has 42 heavy (non-hydrogen) atoms. The van der Waals surface area contributed by atoms with E-state index in [1.807, 2.05) is 32.8 Å². The van der Waals surface area contributed by atoms with Gasteiger partial charge in [-0.1, -0.05) is 39.2 Å². The lowest BCUT2D eigenvalue weighted by Gasteiger charge is -2.24. The van der Waals surface area contributed by atoms with E-state index < -0.39 is 6.04 Å². The minimum absolute atomic E-state index is 0.163. The van der Waals surface area contributed by atoms with Gasteiger partial charge in [0.1, 0.15) is 23.8 Å². The first-order valence-corrected chi connectivity index (χ1v) is 13.6. The third-order valence-corrected chi connectivity index (χ3v) is 6.93. The van der Waals surface area contributed by atoms with Gasteiger partial charge in [-0.15, -0.1) is 0 Å². The van der Waals surface area contributed by atoms with Crippen molar-refractivity contribution < 1.29 is 14.4 Å². The Labute approximate surface area is 245 Å². The Morgan fingerprint density at radius 3 is 2.48 bits per heavy atom. The van der Waals surface area contributed by atoms with Gasteiger partial charge in [-0.3, -0.25) is 29.0 Å². The highest BCUT2D eigenvalue weighted by atomic mass is 16.2. The van der Waals surface area contributed by atoms with Crippen molar-refractivity contribution in [2.75, 3.05) is 20.6 Å². The number of allylic oxidation sites excluding steroid dienone is 3. The zero-order valence-corrected chi connectivity index (χ0v) is 24.7. The molecule has 11 heteroatoms. The lowest BCUT2D eigenvalue weighted by atomic mass is 9.89. The molecule has 1 amide bonds. The molecule has 1 aliphatic rings. The fraction of sp³-hybridized carbons (Fsp3) is 0.355. The van der Waals surface area contributed by atoms with Crippen LogP contribution in [0.15, 0.2) is 67.2 Å². The van der Waals surface area contributed by atoms with E-state index in [-0.39, 0.29) is 40.8 Å². The summed E-state index contributed by atoms with van der Waals surface area (Å²) < 4.78 is 1.48. The first kappa shape index (κ1) is 30.3. The van der Waals surface area contributed by atoms with Crippen LogP contribution < -0.4 is 0 Å². The Bertz CT molecular complexity index is 1600. The second kappa shape index (κ2) is 12.5. The number of likely N-dealkylation sites (tertiary alicyclic amines) is 1. The molecule has 0 radical (unpaired) electrons. The molecule has 4 rings (SSSR count). The van der Waals surface area contributed by atoms with Gasteiger partial charge in [0, 0.05) is 43.0 Å². The summed E-state index contributed by atoms with van der Waals surface area (Å²) in [4.78, 5) is 60.9. The number of hydrogen-bond acceptors (Lipinski definition) is 9. The Hall–Kier alpha value is -4.64. The molecule has 0 aliphatic carbocycles. The van der Waals surface area contributed by atoms with Crippen LogP contribution in [0.4, 0.5) is 0 Å². The molecule has 0 aromatic carbocycles. The summed E-state index contributed by atoms with van der Waals surface area (Å²) in [6.07, 6.45) is 11.5. The highest BCUT2D eigenvalue weighted by molar-refractivity contribution is 6.46. The van der Waals surface area contributed by atoms with Crippen molar-refractivity contribution in [1.29, 1.82) is 0 Å². The molecule has 1 aliphatic heterocycles. The van der Waals surface area contributed by atoms with Crippen LogP contribution in [-0.4, -0.2) is 84.4 Å². The molecule has 3 aromatic heterocycles. The summed E-state index contributed by atoms with van der Waals surface area (Å²) in [5.74, 6) is -0.123. The smallest absolute Gasteiger partial charge is 0.244 e. The normalized spacial score (nSPS) is 16.9. The number of rotatable bonds is 11. The SMILES string of the molecule is C=C/C=C\C(=N/C=C)C(=O)[C@@H]1CC(C)(C)CN1C(=O)Cn1nc(C(C)=O)c2cc(-c3cnc(CN(C)C)nc3)ncc21. The fourth-order valence-electron chi connectivity index (χ4n) is 5.06. The van der Waals surface area contributed by atoms with Crippen LogP contribution in [0.3, 0.4) is 0 Å². The van der Waals surface area contributed by atoms with Gasteiger partial charge in [-0.05, 0) is 38.1 Å². The molecule has 0 N–H and O–H groups in total. The van der Waals surface area contributed by atoms with E-state index in [1.165, 1.54) is 17.8 Å². The van der Waals surface area contributed by atoms with E-state index in [1.54, 1.807) is 47.8 Å². The molecule has 4 heterocycles. The van der Waals surface area contributed by atoms with Crippen molar-refractivity contribution in [1.82, 2.24) is 34.5 Å². The Kier molecular flexibility index (Phi) is 9.01. The van der Waals surface area contributed by atoms with E-state index in [9.17, 15) is 14.4 Å². The zero-order chi connectivity index (χ0) is 30.6. The number of hydrogen-bond donors (Lipinski definition) is 0. The van der Waals surface area contributed by atoms with E-state index >= 15 is 0 Å². The van der Waals surface area contributed by atoms with Crippen LogP contribution in [0.1, 0.15) is 43.5 Å². The summed E-state index contributed by atoms with van der Waals surface area (Å²) in [6, 6.07) is 1.06.